The molecule has 0 aliphatic carbocycles. The Bertz CT molecular complexity index is 695. The van der Waals surface area contributed by atoms with E-state index in [0.717, 1.165) is 19.6 Å². The van der Waals surface area contributed by atoms with E-state index < -0.39 is 0 Å². The molecule has 0 aliphatic rings. The number of fused-ring (bicyclic) bond motifs is 1. The molecular weight excluding hydrogens is 276 g/mol. The molecule has 0 saturated heterocycles. The fourth-order valence-electron chi connectivity index (χ4n) is 2.57. The Morgan fingerprint density at radius 2 is 2.10 bits per heavy atom. The van der Waals surface area contributed by atoms with Crippen molar-refractivity contribution in [3.63, 3.8) is 0 Å². The Balaban J connectivity index is 1.74. The molecule has 0 saturated carbocycles. The number of hydrogen-bond donors (Lipinski definition) is 1. The second-order valence-corrected chi connectivity index (χ2v) is 6.97. The van der Waals surface area contributed by atoms with Crippen molar-refractivity contribution >= 4 is 22.2 Å². The van der Waals surface area contributed by atoms with Gasteiger partial charge in [0.05, 0.1) is 6.54 Å². The molecule has 0 aliphatic heterocycles. The number of hydrogen-bond acceptors (Lipinski definition) is 2. The van der Waals surface area contributed by atoms with Crippen LogP contribution < -0.4 is 5.32 Å². The van der Waals surface area contributed by atoms with Gasteiger partial charge in [0.1, 0.15) is 0 Å². The third-order valence-corrected chi connectivity index (χ3v) is 4.48. The van der Waals surface area contributed by atoms with Gasteiger partial charge in [-0.2, -0.15) is 0 Å². The predicted octanol–water partition coefficient (Wildman–Crippen LogP) is 4.50. The van der Waals surface area contributed by atoms with Gasteiger partial charge in [0.15, 0.2) is 0 Å². The number of nitrogens with one attached hydrogen (secondary N) is 1. The smallest absolute Gasteiger partial charge is 0.0569 e. The monoisotopic (exact) mass is 298 g/mol. The topological polar surface area (TPSA) is 17.0 Å². The van der Waals surface area contributed by atoms with Crippen molar-refractivity contribution in [2.24, 2.45) is 5.92 Å². The van der Waals surface area contributed by atoms with Crippen LogP contribution in [0.3, 0.4) is 0 Å². The first-order valence-electron chi connectivity index (χ1n) is 7.53. The van der Waals surface area contributed by atoms with Crippen molar-refractivity contribution < 1.29 is 0 Å². The third-order valence-electron chi connectivity index (χ3n) is 3.62. The van der Waals surface area contributed by atoms with Crippen LogP contribution in [0.2, 0.25) is 0 Å². The summed E-state index contributed by atoms with van der Waals surface area (Å²) in [4.78, 5) is 1.40. The average molecular weight is 298 g/mol. The van der Waals surface area contributed by atoms with Gasteiger partial charge in [0, 0.05) is 23.1 Å². The molecule has 0 radical (unpaired) electrons. The van der Waals surface area contributed by atoms with Crippen LogP contribution in [0, 0.1) is 5.92 Å². The summed E-state index contributed by atoms with van der Waals surface area (Å²) in [5.41, 5.74) is 2.67. The first kappa shape index (κ1) is 14.4. The highest BCUT2D eigenvalue weighted by molar-refractivity contribution is 7.09. The minimum atomic E-state index is 0.695. The van der Waals surface area contributed by atoms with Crippen molar-refractivity contribution in [2.45, 2.75) is 26.9 Å². The largest absolute Gasteiger partial charge is 0.342 e. The van der Waals surface area contributed by atoms with Crippen molar-refractivity contribution in [3.05, 3.63) is 58.4 Å². The fraction of sp³-hybridized carbons (Fsp3) is 0.333. The number of thiophene rings is 1. The van der Waals surface area contributed by atoms with Crippen LogP contribution in [-0.2, 0) is 13.1 Å². The second kappa shape index (κ2) is 6.46. The highest BCUT2D eigenvalue weighted by Crippen LogP contribution is 2.20. The number of rotatable bonds is 6. The lowest BCUT2D eigenvalue weighted by Crippen LogP contribution is -2.18. The normalized spacial score (nSPS) is 11.6. The number of benzene rings is 1. The summed E-state index contributed by atoms with van der Waals surface area (Å²) in [7, 11) is 0. The number of aromatic nitrogens is 1. The van der Waals surface area contributed by atoms with Crippen LogP contribution >= 0.6 is 11.3 Å². The van der Waals surface area contributed by atoms with E-state index >= 15 is 0 Å². The van der Waals surface area contributed by atoms with Gasteiger partial charge in [-0.1, -0.05) is 26.0 Å². The molecule has 3 rings (SSSR count). The van der Waals surface area contributed by atoms with Gasteiger partial charge < -0.3 is 9.88 Å². The fourth-order valence-corrected chi connectivity index (χ4v) is 3.28. The van der Waals surface area contributed by atoms with E-state index in [9.17, 15) is 0 Å². The van der Waals surface area contributed by atoms with Gasteiger partial charge >= 0.3 is 0 Å². The van der Waals surface area contributed by atoms with Gasteiger partial charge in [-0.15, -0.1) is 11.3 Å². The molecule has 0 fully saturated rings. The lowest BCUT2D eigenvalue weighted by molar-refractivity contribution is 0.552. The molecule has 2 aromatic heterocycles. The molecule has 3 heteroatoms. The molecule has 21 heavy (non-hydrogen) atoms. The molecule has 1 aromatic carbocycles. The summed E-state index contributed by atoms with van der Waals surface area (Å²) in [5.74, 6) is 0.695. The lowest BCUT2D eigenvalue weighted by atomic mass is 10.1. The molecule has 0 amide bonds. The molecule has 2 heterocycles. The zero-order valence-electron chi connectivity index (χ0n) is 12.7. The Morgan fingerprint density at radius 1 is 1.19 bits per heavy atom. The van der Waals surface area contributed by atoms with Crippen LogP contribution in [0.5, 0.6) is 0 Å². The van der Waals surface area contributed by atoms with Gasteiger partial charge in [-0.25, -0.2) is 0 Å². The summed E-state index contributed by atoms with van der Waals surface area (Å²) >= 11 is 1.82. The standard InChI is InChI=1S/C18H22N2S/c1-14(2)11-19-12-15-5-6-18-16(10-15)7-8-20(18)13-17-4-3-9-21-17/h3-10,14,19H,11-13H2,1-2H3. The molecule has 1 N–H and O–H groups in total. The molecular formula is C18H22N2S. The molecule has 3 aromatic rings. The van der Waals surface area contributed by atoms with E-state index in [1.54, 1.807) is 0 Å². The lowest BCUT2D eigenvalue weighted by Gasteiger charge is -2.08. The SMILES string of the molecule is CC(C)CNCc1ccc2c(ccn2Cc2cccs2)c1. The van der Waals surface area contributed by atoms with Crippen LogP contribution in [-0.4, -0.2) is 11.1 Å². The minimum Gasteiger partial charge on any atom is -0.342 e. The molecule has 0 spiro atoms. The van der Waals surface area contributed by atoms with Gasteiger partial charge in [0.2, 0.25) is 0 Å². The van der Waals surface area contributed by atoms with Crippen LogP contribution in [0.1, 0.15) is 24.3 Å². The van der Waals surface area contributed by atoms with Crippen molar-refractivity contribution in [3.8, 4) is 0 Å². The predicted molar refractivity (Wildman–Crippen MR) is 91.9 cm³/mol. The molecule has 0 bridgehead atoms. The van der Waals surface area contributed by atoms with Gasteiger partial charge in [-0.3, -0.25) is 0 Å². The molecule has 2 nitrogen and oxygen atoms in total. The zero-order chi connectivity index (χ0) is 14.7. The van der Waals surface area contributed by atoms with E-state index in [1.165, 1.54) is 21.3 Å². The highest BCUT2D eigenvalue weighted by Gasteiger charge is 2.04. The van der Waals surface area contributed by atoms with Gasteiger partial charge in [0.25, 0.3) is 0 Å². The van der Waals surface area contributed by atoms with Crippen LogP contribution in [0.25, 0.3) is 10.9 Å². The first-order chi connectivity index (χ1) is 10.2. The third kappa shape index (κ3) is 3.55. The van der Waals surface area contributed by atoms with E-state index in [-0.39, 0.29) is 0 Å². The van der Waals surface area contributed by atoms with E-state index in [1.807, 2.05) is 11.3 Å². The Labute approximate surface area is 130 Å². The maximum absolute atomic E-state index is 3.50. The maximum atomic E-state index is 3.50. The van der Waals surface area contributed by atoms with Crippen molar-refractivity contribution in [1.82, 2.24) is 9.88 Å². The summed E-state index contributed by atoms with van der Waals surface area (Å²) in [5, 5.41) is 6.97. The van der Waals surface area contributed by atoms with E-state index in [0.29, 0.717) is 5.92 Å². The summed E-state index contributed by atoms with van der Waals surface area (Å²) in [6.07, 6.45) is 2.19. The van der Waals surface area contributed by atoms with Crippen LogP contribution in [0.4, 0.5) is 0 Å². The van der Waals surface area contributed by atoms with Crippen molar-refractivity contribution in [1.29, 1.82) is 0 Å². The molecule has 110 valence electrons. The Kier molecular flexibility index (Phi) is 4.42. The van der Waals surface area contributed by atoms with E-state index in [2.05, 4.69) is 71.7 Å². The quantitative estimate of drug-likeness (QED) is 0.709. The Hall–Kier alpha value is -1.58. The summed E-state index contributed by atoms with van der Waals surface area (Å²) in [6, 6.07) is 13.3. The van der Waals surface area contributed by atoms with Crippen molar-refractivity contribution in [2.75, 3.05) is 6.54 Å². The average Bonchev–Trinajstić information content (AvgIpc) is 3.09. The zero-order valence-corrected chi connectivity index (χ0v) is 13.5. The second-order valence-electron chi connectivity index (χ2n) is 5.94. The van der Waals surface area contributed by atoms with Crippen LogP contribution in [0.15, 0.2) is 48.0 Å². The molecule has 0 unspecified atom stereocenters. The first-order valence-corrected chi connectivity index (χ1v) is 8.41. The summed E-state index contributed by atoms with van der Waals surface area (Å²) < 4.78 is 2.33. The maximum Gasteiger partial charge on any atom is 0.0569 e. The van der Waals surface area contributed by atoms with Gasteiger partial charge in [-0.05, 0) is 53.1 Å². The minimum absolute atomic E-state index is 0.695. The Morgan fingerprint density at radius 3 is 2.86 bits per heavy atom. The van der Waals surface area contributed by atoms with E-state index in [4.69, 9.17) is 0 Å². The number of nitrogens with zero attached hydrogens (tertiary/aromatic N) is 1. The highest BCUT2D eigenvalue weighted by atomic mass is 32.1. The molecule has 0 atom stereocenters. The summed E-state index contributed by atoms with van der Waals surface area (Å²) in [6.45, 7) is 7.45.